The summed E-state index contributed by atoms with van der Waals surface area (Å²) < 4.78 is 5.21. The van der Waals surface area contributed by atoms with Gasteiger partial charge in [-0.25, -0.2) is 4.79 Å². The van der Waals surface area contributed by atoms with Gasteiger partial charge in [-0.2, -0.15) is 0 Å². The van der Waals surface area contributed by atoms with Crippen LogP contribution in [0.4, 0.5) is 21.9 Å². The van der Waals surface area contributed by atoms with Crippen LogP contribution in [-0.2, 0) is 4.74 Å². The predicted molar refractivity (Wildman–Crippen MR) is 130 cm³/mol. The third-order valence-corrected chi connectivity index (χ3v) is 5.54. The van der Waals surface area contributed by atoms with Gasteiger partial charge in [0.25, 0.3) is 0 Å². The number of hydrogen-bond acceptors (Lipinski definition) is 4. The van der Waals surface area contributed by atoms with Gasteiger partial charge < -0.3 is 16.2 Å². The number of anilines is 3. The number of carbonyl (C=O) groups is 1. The van der Waals surface area contributed by atoms with Gasteiger partial charge in [0.15, 0.2) is 0 Å². The lowest BCUT2D eigenvalue weighted by molar-refractivity contribution is 0.159. The van der Waals surface area contributed by atoms with Gasteiger partial charge in [0, 0.05) is 5.69 Å². The van der Waals surface area contributed by atoms with Gasteiger partial charge in [0.2, 0.25) is 0 Å². The highest BCUT2D eigenvalue weighted by Crippen LogP contribution is 2.21. The predicted octanol–water partition coefficient (Wildman–Crippen LogP) is 7.66. The van der Waals surface area contributed by atoms with E-state index in [9.17, 15) is 4.79 Å². The Bertz CT molecular complexity index is 563. The SMILES string of the molecule is CCCCCCCCCCCCCCCCCCOC(=O)Nc1ccc(N)cc1N. The van der Waals surface area contributed by atoms with Crippen LogP contribution in [0.15, 0.2) is 18.2 Å². The van der Waals surface area contributed by atoms with Gasteiger partial charge in [0.1, 0.15) is 0 Å². The first-order chi connectivity index (χ1) is 14.6. The average Bonchev–Trinajstić information content (AvgIpc) is 2.72. The molecule has 1 rings (SSSR count). The molecule has 1 aromatic rings. The van der Waals surface area contributed by atoms with Crippen LogP contribution in [0, 0.1) is 0 Å². The minimum atomic E-state index is -0.465. The number of nitrogen functional groups attached to an aromatic ring is 2. The summed E-state index contributed by atoms with van der Waals surface area (Å²) in [7, 11) is 0. The maximum Gasteiger partial charge on any atom is 0.411 e. The lowest BCUT2D eigenvalue weighted by atomic mass is 10.0. The zero-order valence-electron chi connectivity index (χ0n) is 19.2. The number of unbranched alkanes of at least 4 members (excludes halogenated alkanes) is 15. The second-order valence-corrected chi connectivity index (χ2v) is 8.41. The Hall–Kier alpha value is -1.91. The van der Waals surface area contributed by atoms with Crippen molar-refractivity contribution in [2.45, 2.75) is 110 Å². The van der Waals surface area contributed by atoms with Crippen molar-refractivity contribution in [3.63, 3.8) is 0 Å². The molecule has 0 aromatic heterocycles. The van der Waals surface area contributed by atoms with Crippen LogP contribution in [0.2, 0.25) is 0 Å². The molecule has 0 saturated heterocycles. The molecule has 5 N–H and O–H groups in total. The Labute approximate surface area is 184 Å². The Morgan fingerprint density at radius 1 is 0.767 bits per heavy atom. The molecule has 0 atom stereocenters. The van der Waals surface area contributed by atoms with Crippen LogP contribution < -0.4 is 16.8 Å². The van der Waals surface area contributed by atoms with Gasteiger partial charge in [0.05, 0.1) is 18.0 Å². The quantitative estimate of drug-likeness (QED) is 0.168. The summed E-state index contributed by atoms with van der Waals surface area (Å²) in [5.41, 5.74) is 13.0. The maximum atomic E-state index is 11.8. The fraction of sp³-hybridized carbons (Fsp3) is 0.720. The van der Waals surface area contributed by atoms with Crippen molar-refractivity contribution in [3.05, 3.63) is 18.2 Å². The van der Waals surface area contributed by atoms with Crippen LogP contribution in [0.25, 0.3) is 0 Å². The zero-order valence-corrected chi connectivity index (χ0v) is 19.2. The summed E-state index contributed by atoms with van der Waals surface area (Å²) in [5, 5.41) is 2.65. The number of carbonyl (C=O) groups excluding carboxylic acids is 1. The average molecular weight is 420 g/mol. The highest BCUT2D eigenvalue weighted by Gasteiger charge is 2.06. The first-order valence-electron chi connectivity index (χ1n) is 12.2. The van der Waals surface area contributed by atoms with Gasteiger partial charge >= 0.3 is 6.09 Å². The standard InChI is InChI=1S/C25H45N3O2/c1-2-3-4-5-6-7-8-9-10-11-12-13-14-15-16-17-20-30-25(29)28-24-19-18-22(26)21-23(24)27/h18-19,21H,2-17,20,26-27H2,1H3,(H,28,29). The molecular weight excluding hydrogens is 374 g/mol. The number of rotatable bonds is 18. The highest BCUT2D eigenvalue weighted by atomic mass is 16.5. The first kappa shape index (κ1) is 26.1. The van der Waals surface area contributed by atoms with Crippen molar-refractivity contribution < 1.29 is 9.53 Å². The van der Waals surface area contributed by atoms with Crippen LogP contribution in [0.3, 0.4) is 0 Å². The van der Waals surface area contributed by atoms with E-state index in [1.54, 1.807) is 18.2 Å². The molecule has 1 aromatic carbocycles. The van der Waals surface area contributed by atoms with E-state index in [-0.39, 0.29) is 0 Å². The third kappa shape index (κ3) is 14.1. The number of nitrogens with two attached hydrogens (primary N) is 2. The lowest BCUT2D eigenvalue weighted by Crippen LogP contribution is -2.15. The number of hydrogen-bond donors (Lipinski definition) is 3. The van der Waals surface area contributed by atoms with Crippen molar-refractivity contribution >= 4 is 23.2 Å². The van der Waals surface area contributed by atoms with Crippen molar-refractivity contribution in [2.24, 2.45) is 0 Å². The van der Waals surface area contributed by atoms with Gasteiger partial charge in [-0.1, -0.05) is 103 Å². The molecule has 0 aliphatic heterocycles. The Kier molecular flexibility index (Phi) is 15.6. The van der Waals surface area contributed by atoms with E-state index in [1.165, 1.54) is 89.9 Å². The number of ether oxygens (including phenoxy) is 1. The minimum absolute atomic E-state index is 0.439. The van der Waals surface area contributed by atoms with Crippen molar-refractivity contribution in [3.8, 4) is 0 Å². The monoisotopic (exact) mass is 419 g/mol. The molecule has 0 bridgehead atoms. The molecule has 0 fully saturated rings. The van der Waals surface area contributed by atoms with Gasteiger partial charge in [-0.15, -0.1) is 0 Å². The summed E-state index contributed by atoms with van der Waals surface area (Å²) in [6.07, 6.45) is 20.8. The molecule has 5 heteroatoms. The topological polar surface area (TPSA) is 90.4 Å². The lowest BCUT2D eigenvalue weighted by Gasteiger charge is -2.09. The van der Waals surface area contributed by atoms with Crippen LogP contribution in [0.1, 0.15) is 110 Å². The molecule has 0 unspecified atom stereocenters. The second-order valence-electron chi connectivity index (χ2n) is 8.41. The second kappa shape index (κ2) is 17.9. The summed E-state index contributed by atoms with van der Waals surface area (Å²) in [6.45, 7) is 2.72. The number of benzene rings is 1. The molecule has 5 nitrogen and oxygen atoms in total. The largest absolute Gasteiger partial charge is 0.449 e. The molecule has 0 saturated carbocycles. The van der Waals surface area contributed by atoms with E-state index in [2.05, 4.69) is 12.2 Å². The van der Waals surface area contributed by atoms with E-state index >= 15 is 0 Å². The Morgan fingerprint density at radius 2 is 1.23 bits per heavy atom. The van der Waals surface area contributed by atoms with Crippen LogP contribution >= 0.6 is 0 Å². The van der Waals surface area contributed by atoms with Crippen molar-refractivity contribution in [1.82, 2.24) is 0 Å². The smallest absolute Gasteiger partial charge is 0.411 e. The summed E-state index contributed by atoms with van der Waals surface area (Å²) in [5.74, 6) is 0. The Balaban J connectivity index is 1.82. The van der Waals surface area contributed by atoms with Gasteiger partial charge in [-0.05, 0) is 24.6 Å². The molecular formula is C25H45N3O2. The minimum Gasteiger partial charge on any atom is -0.449 e. The summed E-state index contributed by atoms with van der Waals surface area (Å²) in [4.78, 5) is 11.8. The van der Waals surface area contributed by atoms with E-state index in [4.69, 9.17) is 16.2 Å². The third-order valence-electron chi connectivity index (χ3n) is 5.54. The Morgan fingerprint density at radius 3 is 1.70 bits per heavy atom. The molecule has 0 aliphatic carbocycles. The van der Waals surface area contributed by atoms with E-state index in [1.807, 2.05) is 0 Å². The van der Waals surface area contributed by atoms with Crippen LogP contribution in [-0.4, -0.2) is 12.7 Å². The first-order valence-corrected chi connectivity index (χ1v) is 12.2. The van der Waals surface area contributed by atoms with E-state index in [0.717, 1.165) is 12.8 Å². The van der Waals surface area contributed by atoms with E-state index in [0.29, 0.717) is 23.7 Å². The fourth-order valence-corrected chi connectivity index (χ4v) is 3.66. The van der Waals surface area contributed by atoms with Crippen molar-refractivity contribution in [1.29, 1.82) is 0 Å². The molecule has 0 spiro atoms. The number of amides is 1. The zero-order chi connectivity index (χ0) is 21.9. The molecule has 0 aliphatic rings. The van der Waals surface area contributed by atoms with Crippen LogP contribution in [0.5, 0.6) is 0 Å². The normalized spacial score (nSPS) is 10.8. The molecule has 172 valence electrons. The van der Waals surface area contributed by atoms with Gasteiger partial charge in [-0.3, -0.25) is 5.32 Å². The molecule has 0 heterocycles. The summed E-state index contributed by atoms with van der Waals surface area (Å²) >= 11 is 0. The molecule has 1 amide bonds. The van der Waals surface area contributed by atoms with E-state index < -0.39 is 6.09 Å². The fourth-order valence-electron chi connectivity index (χ4n) is 3.66. The highest BCUT2D eigenvalue weighted by molar-refractivity contribution is 5.89. The molecule has 30 heavy (non-hydrogen) atoms. The van der Waals surface area contributed by atoms with Crippen molar-refractivity contribution in [2.75, 3.05) is 23.4 Å². The number of nitrogens with one attached hydrogen (secondary N) is 1. The summed E-state index contributed by atoms with van der Waals surface area (Å²) in [6, 6.07) is 4.99. The maximum absolute atomic E-state index is 11.8. The molecule has 0 radical (unpaired) electrons.